The third kappa shape index (κ3) is 5.78. The molecule has 2 amide bonds. The van der Waals surface area contributed by atoms with Crippen molar-refractivity contribution in [1.82, 2.24) is 25.0 Å². The Kier molecular flexibility index (Phi) is 6.80. The molecule has 1 aliphatic heterocycles. The molecule has 1 aromatic heterocycles. The second-order valence-electron chi connectivity index (χ2n) is 8.61. The second-order valence-corrected chi connectivity index (χ2v) is 8.61. The molecule has 34 heavy (non-hydrogen) atoms. The van der Waals surface area contributed by atoms with Crippen LogP contribution in [0.5, 0.6) is 0 Å². The molecule has 1 atom stereocenters. The number of hydrogen-bond acceptors (Lipinski definition) is 5. The molecule has 1 unspecified atom stereocenters. The number of benzene rings is 1. The number of carbonyl (C=O) groups is 2. The Hall–Kier alpha value is -3.32. The summed E-state index contributed by atoms with van der Waals surface area (Å²) in [6.07, 6.45) is -6.34. The number of hydrogen-bond donors (Lipinski definition) is 1. The van der Waals surface area contributed by atoms with Gasteiger partial charge in [-0.1, -0.05) is 0 Å². The van der Waals surface area contributed by atoms with E-state index in [0.717, 1.165) is 9.47 Å². The van der Waals surface area contributed by atoms with Crippen molar-refractivity contribution in [2.75, 3.05) is 6.54 Å². The largest absolute Gasteiger partial charge is 0.451 e. The van der Waals surface area contributed by atoms with E-state index in [9.17, 15) is 35.9 Å². The molecule has 1 aromatic carbocycles. The van der Waals surface area contributed by atoms with Crippen LogP contribution in [-0.4, -0.2) is 49.9 Å². The summed E-state index contributed by atoms with van der Waals surface area (Å²) in [5.74, 6) is -6.08. The number of nitrogens with one attached hydrogen (secondary N) is 1. The average Bonchev–Trinajstić information content (AvgIpc) is 3.13. The molecule has 0 saturated carbocycles. The van der Waals surface area contributed by atoms with Gasteiger partial charge in [0.25, 0.3) is 0 Å². The summed E-state index contributed by atoms with van der Waals surface area (Å²) in [7, 11) is 0. The molecule has 0 saturated heterocycles. The molecule has 0 fully saturated rings. The van der Waals surface area contributed by atoms with Gasteiger partial charge in [0.15, 0.2) is 17.5 Å². The smallest absolute Gasteiger partial charge is 0.444 e. The number of nitrogens with zero attached hydrogens (tertiary/aromatic N) is 4. The highest BCUT2D eigenvalue weighted by molar-refractivity contribution is 5.86. The van der Waals surface area contributed by atoms with Crippen molar-refractivity contribution in [2.24, 2.45) is 0 Å². The first kappa shape index (κ1) is 25.3. The number of alkyl halides is 3. The lowest BCUT2D eigenvalue weighted by Gasteiger charge is -2.32. The van der Waals surface area contributed by atoms with Gasteiger partial charge in [0.1, 0.15) is 17.5 Å². The summed E-state index contributed by atoms with van der Waals surface area (Å²) in [6, 6.07) is -0.628. The Balaban J connectivity index is 1.85. The van der Waals surface area contributed by atoms with E-state index in [1.165, 1.54) is 0 Å². The highest BCUT2D eigenvalue weighted by atomic mass is 19.4. The van der Waals surface area contributed by atoms with E-state index >= 15 is 0 Å². The number of fused-ring (bicyclic) bond motifs is 1. The number of ether oxygens (including phenoxy) is 1. The van der Waals surface area contributed by atoms with E-state index < -0.39 is 65.1 Å². The Labute approximate surface area is 189 Å². The van der Waals surface area contributed by atoms with Gasteiger partial charge in [-0.2, -0.15) is 13.2 Å². The molecule has 0 aliphatic carbocycles. The third-order valence-corrected chi connectivity index (χ3v) is 4.82. The number of rotatable bonds is 4. The predicted molar refractivity (Wildman–Crippen MR) is 104 cm³/mol. The van der Waals surface area contributed by atoms with Crippen LogP contribution in [0.25, 0.3) is 0 Å². The molecule has 1 aliphatic rings. The molecule has 186 valence electrons. The Morgan fingerprint density at radius 3 is 2.32 bits per heavy atom. The fraction of sp³-hybridized carbons (Fsp3) is 0.500. The fourth-order valence-corrected chi connectivity index (χ4v) is 3.37. The zero-order valence-electron chi connectivity index (χ0n) is 18.3. The highest BCUT2D eigenvalue weighted by Gasteiger charge is 2.40. The van der Waals surface area contributed by atoms with Gasteiger partial charge in [-0.05, 0) is 32.4 Å². The first-order valence-electron chi connectivity index (χ1n) is 10.1. The SMILES string of the molecule is CC(C)(C)OC(=O)NC(Cc1cc(F)c(F)cc1F)C(=O)N1CCn2c(nnc2C(F)(F)F)C1. The summed E-state index contributed by atoms with van der Waals surface area (Å²) in [5, 5.41) is 8.88. The van der Waals surface area contributed by atoms with E-state index in [4.69, 9.17) is 4.74 Å². The molecule has 0 radical (unpaired) electrons. The van der Waals surface area contributed by atoms with Crippen molar-refractivity contribution in [3.8, 4) is 0 Å². The molecule has 2 aromatic rings. The highest BCUT2D eigenvalue weighted by Crippen LogP contribution is 2.29. The molecule has 0 bridgehead atoms. The standard InChI is InChI=1S/C20H21F6N5O3/c1-19(2,3)34-18(33)27-14(7-10-6-12(22)13(23)8-11(10)21)16(32)30-4-5-31-15(9-30)28-29-17(31)20(24,25)26/h6,8,14H,4-5,7,9H2,1-3H3,(H,27,33). The minimum Gasteiger partial charge on any atom is -0.444 e. The van der Waals surface area contributed by atoms with Crippen molar-refractivity contribution in [2.45, 2.75) is 58.1 Å². The molecule has 14 heteroatoms. The molecule has 2 heterocycles. The van der Waals surface area contributed by atoms with Gasteiger partial charge >= 0.3 is 12.3 Å². The maximum atomic E-state index is 14.2. The van der Waals surface area contributed by atoms with Gasteiger partial charge in [-0.15, -0.1) is 10.2 Å². The Morgan fingerprint density at radius 1 is 1.06 bits per heavy atom. The molecule has 3 rings (SSSR count). The number of aromatic nitrogens is 3. The third-order valence-electron chi connectivity index (χ3n) is 4.82. The minimum absolute atomic E-state index is 0.137. The molecule has 0 spiro atoms. The summed E-state index contributed by atoms with van der Waals surface area (Å²) < 4.78 is 86.3. The first-order valence-corrected chi connectivity index (χ1v) is 10.1. The lowest BCUT2D eigenvalue weighted by molar-refractivity contribution is -0.148. The van der Waals surface area contributed by atoms with Gasteiger partial charge in [0.2, 0.25) is 11.7 Å². The number of carbonyl (C=O) groups excluding carboxylic acids is 2. The van der Waals surface area contributed by atoms with Gasteiger partial charge in [-0.3, -0.25) is 4.79 Å². The van der Waals surface area contributed by atoms with Crippen molar-refractivity contribution in [3.63, 3.8) is 0 Å². The topological polar surface area (TPSA) is 89.4 Å². The van der Waals surface area contributed by atoms with Crippen LogP contribution in [0.15, 0.2) is 12.1 Å². The zero-order valence-corrected chi connectivity index (χ0v) is 18.3. The van der Waals surface area contributed by atoms with Gasteiger partial charge < -0.3 is 19.5 Å². The van der Waals surface area contributed by atoms with Gasteiger partial charge in [0.05, 0.1) is 6.54 Å². The van der Waals surface area contributed by atoms with Crippen LogP contribution in [0.2, 0.25) is 0 Å². The predicted octanol–water partition coefficient (Wildman–Crippen LogP) is 3.19. The van der Waals surface area contributed by atoms with Gasteiger partial charge in [-0.25, -0.2) is 18.0 Å². The van der Waals surface area contributed by atoms with E-state index in [0.29, 0.717) is 12.1 Å². The fourth-order valence-electron chi connectivity index (χ4n) is 3.37. The minimum atomic E-state index is -4.73. The Bertz CT molecular complexity index is 1100. The van der Waals surface area contributed by atoms with Crippen LogP contribution in [0.1, 0.15) is 38.0 Å². The van der Waals surface area contributed by atoms with E-state index in [1.54, 1.807) is 20.8 Å². The maximum absolute atomic E-state index is 14.2. The second kappa shape index (κ2) is 9.14. The number of alkyl carbamates (subject to hydrolysis) is 1. The van der Waals surface area contributed by atoms with Crippen molar-refractivity contribution in [1.29, 1.82) is 0 Å². The average molecular weight is 493 g/mol. The van der Waals surface area contributed by atoms with Crippen molar-refractivity contribution >= 4 is 12.0 Å². The zero-order chi connectivity index (χ0) is 25.4. The van der Waals surface area contributed by atoms with Crippen LogP contribution in [0.4, 0.5) is 31.1 Å². The summed E-state index contributed by atoms with van der Waals surface area (Å²) in [4.78, 5) is 26.5. The summed E-state index contributed by atoms with van der Waals surface area (Å²) in [5.41, 5.74) is -1.34. The number of amides is 2. The van der Waals surface area contributed by atoms with Crippen LogP contribution >= 0.6 is 0 Å². The van der Waals surface area contributed by atoms with Gasteiger partial charge in [0, 0.05) is 25.6 Å². The van der Waals surface area contributed by atoms with E-state index in [2.05, 4.69) is 15.5 Å². The van der Waals surface area contributed by atoms with Crippen LogP contribution in [-0.2, 0) is 35.2 Å². The van der Waals surface area contributed by atoms with Crippen molar-refractivity contribution < 1.29 is 40.7 Å². The first-order chi connectivity index (χ1) is 15.7. The quantitative estimate of drug-likeness (QED) is 0.522. The summed E-state index contributed by atoms with van der Waals surface area (Å²) in [6.45, 7) is 3.85. The molecular formula is C20H21F6N5O3. The monoisotopic (exact) mass is 493 g/mol. The molecular weight excluding hydrogens is 472 g/mol. The molecule has 8 nitrogen and oxygen atoms in total. The Morgan fingerprint density at radius 2 is 1.71 bits per heavy atom. The van der Waals surface area contributed by atoms with Crippen LogP contribution in [0, 0.1) is 17.5 Å². The summed E-state index contributed by atoms with van der Waals surface area (Å²) >= 11 is 0. The maximum Gasteiger partial charge on any atom is 0.451 e. The lowest BCUT2D eigenvalue weighted by Crippen LogP contribution is -2.52. The molecule has 1 N–H and O–H groups in total. The normalized spacial score (nSPS) is 15.0. The van der Waals surface area contributed by atoms with E-state index in [-0.39, 0.29) is 25.5 Å². The van der Waals surface area contributed by atoms with Crippen LogP contribution < -0.4 is 5.32 Å². The van der Waals surface area contributed by atoms with Crippen LogP contribution in [0.3, 0.4) is 0 Å². The van der Waals surface area contributed by atoms with E-state index in [1.807, 2.05) is 0 Å². The number of halogens is 6. The lowest BCUT2D eigenvalue weighted by atomic mass is 10.0. The van der Waals surface area contributed by atoms with Crippen molar-refractivity contribution in [3.05, 3.63) is 46.8 Å².